The van der Waals surface area contributed by atoms with Crippen molar-refractivity contribution in [2.75, 3.05) is 5.32 Å². The van der Waals surface area contributed by atoms with Crippen LogP contribution < -0.4 is 10.9 Å². The van der Waals surface area contributed by atoms with Crippen molar-refractivity contribution in [2.45, 2.75) is 26.5 Å². The highest BCUT2D eigenvalue weighted by atomic mass is 19.1. The summed E-state index contributed by atoms with van der Waals surface area (Å²) in [7, 11) is 0. The molecule has 0 aliphatic carbocycles. The molecule has 8 heteroatoms. The fourth-order valence-electron chi connectivity index (χ4n) is 4.57. The zero-order valence-corrected chi connectivity index (χ0v) is 20.4. The number of carbonyl (C=O) groups excluding carboxylic acids is 1. The van der Waals surface area contributed by atoms with Gasteiger partial charge in [-0.05, 0) is 61.2 Å². The first-order chi connectivity index (χ1) is 17.8. The van der Waals surface area contributed by atoms with Crippen LogP contribution in [-0.2, 0) is 6.54 Å². The zero-order chi connectivity index (χ0) is 26.1. The summed E-state index contributed by atoms with van der Waals surface area (Å²) < 4.78 is 18.2. The van der Waals surface area contributed by atoms with Crippen molar-refractivity contribution in [3.63, 3.8) is 0 Å². The molecule has 0 saturated carbocycles. The maximum absolute atomic E-state index is 15.2. The monoisotopic (exact) mass is 496 g/mol. The number of para-hydroxylation sites is 1. The molecule has 1 atom stereocenters. The minimum absolute atomic E-state index is 0.0736. The molecule has 3 aromatic carbocycles. The highest BCUT2D eigenvalue weighted by molar-refractivity contribution is 6.05. The van der Waals surface area contributed by atoms with E-state index in [1.165, 1.54) is 10.7 Å². The lowest BCUT2D eigenvalue weighted by Crippen LogP contribution is -2.27. The number of nitrogens with one attached hydrogen (secondary N) is 1. The van der Waals surface area contributed by atoms with Crippen molar-refractivity contribution in [3.05, 3.63) is 113 Å². The fourth-order valence-corrected chi connectivity index (χ4v) is 4.57. The summed E-state index contributed by atoms with van der Waals surface area (Å²) in [6, 6.07) is 20.8. The Kier molecular flexibility index (Phi) is 6.42. The van der Waals surface area contributed by atoms with Crippen LogP contribution in [0.1, 0.15) is 23.0 Å². The summed E-state index contributed by atoms with van der Waals surface area (Å²) in [6.07, 6.45) is 2.63. The van der Waals surface area contributed by atoms with Crippen LogP contribution in [-0.4, -0.2) is 31.5 Å². The third kappa shape index (κ3) is 4.54. The number of aromatic nitrogens is 3. The summed E-state index contributed by atoms with van der Waals surface area (Å²) in [5.41, 5.74) is 1.69. The molecule has 186 valence electrons. The lowest BCUT2D eigenvalue weighted by atomic mass is 9.99. The molecule has 0 aliphatic rings. The molecule has 5 aromatic rings. The lowest BCUT2D eigenvalue weighted by molar-refractivity contribution is 0.102. The molecule has 1 unspecified atom stereocenters. The minimum Gasteiger partial charge on any atom is -0.391 e. The molecule has 37 heavy (non-hydrogen) atoms. The standard InChI is InChI=1S/C29H25FN4O3/c1-18(35)17-33-19(2)27(29(37)34(33)22-8-4-3-5-9-22)28(36)32-21-11-12-25(26(30)15-21)24-10-6-7-20-16-31-14-13-23(20)24/h3-16,18,35H,17H2,1-2H3,(H,32,36). The number of rotatable bonds is 6. The van der Waals surface area contributed by atoms with E-state index >= 15 is 4.39 Å². The van der Waals surface area contributed by atoms with Gasteiger partial charge in [-0.25, -0.2) is 9.07 Å². The Balaban J connectivity index is 1.50. The van der Waals surface area contributed by atoms with Crippen LogP contribution in [0, 0.1) is 12.7 Å². The number of nitrogens with zero attached hydrogens (tertiary/aromatic N) is 3. The predicted octanol–water partition coefficient (Wildman–Crippen LogP) is 4.93. The van der Waals surface area contributed by atoms with Crippen LogP contribution in [0.2, 0.25) is 0 Å². The van der Waals surface area contributed by atoms with E-state index in [0.29, 0.717) is 22.5 Å². The van der Waals surface area contributed by atoms with Gasteiger partial charge in [0, 0.05) is 29.0 Å². The van der Waals surface area contributed by atoms with E-state index in [0.717, 1.165) is 10.8 Å². The van der Waals surface area contributed by atoms with Gasteiger partial charge >= 0.3 is 0 Å². The predicted molar refractivity (Wildman–Crippen MR) is 142 cm³/mol. The quantitative estimate of drug-likeness (QED) is 0.349. The number of pyridine rings is 1. The van der Waals surface area contributed by atoms with E-state index in [2.05, 4.69) is 10.3 Å². The first kappa shape index (κ1) is 24.1. The molecule has 0 spiro atoms. The van der Waals surface area contributed by atoms with Crippen LogP contribution in [0.15, 0.2) is 90.0 Å². The molecule has 2 N–H and O–H groups in total. The van der Waals surface area contributed by atoms with Crippen molar-refractivity contribution in [3.8, 4) is 16.8 Å². The third-order valence-electron chi connectivity index (χ3n) is 6.26. The second-order valence-electron chi connectivity index (χ2n) is 8.90. The Morgan fingerprint density at radius 2 is 1.84 bits per heavy atom. The van der Waals surface area contributed by atoms with Crippen LogP contribution >= 0.6 is 0 Å². The average molecular weight is 497 g/mol. The van der Waals surface area contributed by atoms with Crippen molar-refractivity contribution < 1.29 is 14.3 Å². The van der Waals surface area contributed by atoms with Gasteiger partial charge in [-0.2, -0.15) is 0 Å². The highest BCUT2D eigenvalue weighted by Crippen LogP contribution is 2.31. The van der Waals surface area contributed by atoms with E-state index in [4.69, 9.17) is 0 Å². The topological polar surface area (TPSA) is 89.2 Å². The molecule has 2 aromatic heterocycles. The van der Waals surface area contributed by atoms with Crippen molar-refractivity contribution in [1.29, 1.82) is 0 Å². The number of aliphatic hydroxyl groups is 1. The molecule has 0 aliphatic heterocycles. The van der Waals surface area contributed by atoms with Gasteiger partial charge in [-0.1, -0.05) is 36.4 Å². The summed E-state index contributed by atoms with van der Waals surface area (Å²) in [6.45, 7) is 3.38. The molecule has 0 radical (unpaired) electrons. The van der Waals surface area contributed by atoms with Gasteiger partial charge in [-0.3, -0.25) is 19.3 Å². The number of anilines is 1. The summed E-state index contributed by atoms with van der Waals surface area (Å²) in [4.78, 5) is 30.7. The second kappa shape index (κ2) is 9.83. The molecule has 0 bridgehead atoms. The molecule has 5 rings (SSSR count). The summed E-state index contributed by atoms with van der Waals surface area (Å²) >= 11 is 0. The number of hydrogen-bond acceptors (Lipinski definition) is 4. The van der Waals surface area contributed by atoms with E-state index in [1.807, 2.05) is 30.3 Å². The van der Waals surface area contributed by atoms with Crippen molar-refractivity contribution in [2.24, 2.45) is 0 Å². The van der Waals surface area contributed by atoms with E-state index < -0.39 is 23.4 Å². The maximum atomic E-state index is 15.2. The molecular formula is C29H25FN4O3. The van der Waals surface area contributed by atoms with Crippen LogP contribution in [0.25, 0.3) is 27.6 Å². The van der Waals surface area contributed by atoms with Crippen LogP contribution in [0.4, 0.5) is 10.1 Å². The summed E-state index contributed by atoms with van der Waals surface area (Å²) in [5.74, 6) is -1.16. The number of fused-ring (bicyclic) bond motifs is 1. The Labute approximate surface area is 212 Å². The van der Waals surface area contributed by atoms with E-state index in [9.17, 15) is 14.7 Å². The second-order valence-corrected chi connectivity index (χ2v) is 8.90. The minimum atomic E-state index is -0.747. The average Bonchev–Trinajstić information content (AvgIpc) is 3.13. The Morgan fingerprint density at radius 3 is 2.57 bits per heavy atom. The third-order valence-corrected chi connectivity index (χ3v) is 6.26. The number of benzene rings is 3. The van der Waals surface area contributed by atoms with E-state index in [1.54, 1.807) is 67.3 Å². The van der Waals surface area contributed by atoms with Gasteiger partial charge in [0.15, 0.2) is 0 Å². The first-order valence-electron chi connectivity index (χ1n) is 11.8. The molecule has 0 saturated heterocycles. The zero-order valence-electron chi connectivity index (χ0n) is 20.4. The van der Waals surface area contributed by atoms with Gasteiger partial charge in [-0.15, -0.1) is 0 Å². The van der Waals surface area contributed by atoms with Crippen molar-refractivity contribution in [1.82, 2.24) is 14.3 Å². The Bertz CT molecular complexity index is 1670. The summed E-state index contributed by atoms with van der Waals surface area (Å²) in [5, 5.41) is 14.4. The molecule has 1 amide bonds. The molecule has 7 nitrogen and oxygen atoms in total. The number of amides is 1. The van der Waals surface area contributed by atoms with Crippen LogP contribution in [0.3, 0.4) is 0 Å². The molecule has 2 heterocycles. The number of aliphatic hydroxyl groups excluding tert-OH is 1. The maximum Gasteiger partial charge on any atom is 0.284 e. The highest BCUT2D eigenvalue weighted by Gasteiger charge is 2.24. The van der Waals surface area contributed by atoms with Gasteiger partial charge < -0.3 is 10.4 Å². The lowest BCUT2D eigenvalue weighted by Gasteiger charge is -2.15. The number of hydrogen-bond donors (Lipinski definition) is 2. The van der Waals surface area contributed by atoms with Gasteiger partial charge in [0.05, 0.1) is 24.0 Å². The Hall–Kier alpha value is -4.56. The largest absolute Gasteiger partial charge is 0.391 e. The van der Waals surface area contributed by atoms with Gasteiger partial charge in [0.1, 0.15) is 11.4 Å². The fraction of sp³-hybridized carbons (Fsp3) is 0.138. The number of carbonyl (C=O) groups is 1. The van der Waals surface area contributed by atoms with Gasteiger partial charge in [0.25, 0.3) is 11.5 Å². The molecule has 0 fully saturated rings. The normalized spacial score (nSPS) is 12.0. The first-order valence-corrected chi connectivity index (χ1v) is 11.8. The smallest absolute Gasteiger partial charge is 0.284 e. The number of halogens is 1. The van der Waals surface area contributed by atoms with Crippen molar-refractivity contribution >= 4 is 22.4 Å². The SMILES string of the molecule is Cc1c(C(=O)Nc2ccc(-c3cccc4cnccc34)c(F)c2)c(=O)n(-c2ccccc2)n1CC(C)O. The van der Waals surface area contributed by atoms with Gasteiger partial charge in [0.2, 0.25) is 0 Å². The van der Waals surface area contributed by atoms with E-state index in [-0.39, 0.29) is 17.8 Å². The Morgan fingerprint density at radius 1 is 1.05 bits per heavy atom. The van der Waals surface area contributed by atoms with Crippen LogP contribution in [0.5, 0.6) is 0 Å². The molecular weight excluding hydrogens is 471 g/mol.